The van der Waals surface area contributed by atoms with E-state index in [0.29, 0.717) is 5.69 Å². The summed E-state index contributed by atoms with van der Waals surface area (Å²) in [5.41, 5.74) is 3.91. The number of nitrogens with zero attached hydrogens (tertiary/aromatic N) is 2. The molecule has 3 rings (SSSR count). The van der Waals surface area contributed by atoms with Crippen molar-refractivity contribution in [1.82, 2.24) is 9.97 Å². The first-order chi connectivity index (χ1) is 19.6. The van der Waals surface area contributed by atoms with E-state index in [-0.39, 0.29) is 11.4 Å². The topological polar surface area (TPSA) is 52.1 Å². The number of rotatable bonds is 19. The van der Waals surface area contributed by atoms with Gasteiger partial charge in [-0.1, -0.05) is 121 Å². The monoisotopic (exact) mass is 546 g/mol. The number of ether oxygens (including phenoxy) is 1. The van der Waals surface area contributed by atoms with Crippen LogP contribution in [0.1, 0.15) is 125 Å². The average Bonchev–Trinajstić information content (AvgIpc) is 2.98. The molecule has 4 nitrogen and oxygen atoms in total. The number of hydrogen-bond acceptors (Lipinski definition) is 4. The molecule has 1 heterocycles. The number of carbonyl (C=O) groups is 1. The smallest absolute Gasteiger partial charge is 0.364 e. The largest absolute Gasteiger partial charge is 0.419 e. The Labute approximate surface area is 240 Å². The molecule has 2 aromatic carbocycles. The summed E-state index contributed by atoms with van der Waals surface area (Å²) in [6, 6.07) is 13.2. The molecule has 0 radical (unpaired) electrons. The van der Waals surface area contributed by atoms with Crippen molar-refractivity contribution < 1.29 is 13.9 Å². The Morgan fingerprint density at radius 1 is 0.675 bits per heavy atom. The van der Waals surface area contributed by atoms with E-state index in [4.69, 9.17) is 4.74 Å². The van der Waals surface area contributed by atoms with Crippen LogP contribution in [-0.2, 0) is 12.8 Å². The van der Waals surface area contributed by atoms with E-state index in [1.165, 1.54) is 101 Å². The zero-order valence-corrected chi connectivity index (χ0v) is 24.6. The second kappa shape index (κ2) is 18.3. The Bertz CT molecular complexity index is 1130. The molecule has 0 saturated carbocycles. The molecular weight excluding hydrogens is 499 g/mol. The summed E-state index contributed by atoms with van der Waals surface area (Å²) in [7, 11) is 0. The molecule has 0 spiro atoms. The normalized spacial score (nSPS) is 11.1. The molecule has 0 aliphatic carbocycles. The lowest BCUT2D eigenvalue weighted by molar-refractivity contribution is 0.0721. The van der Waals surface area contributed by atoms with Crippen LogP contribution >= 0.6 is 0 Å². The zero-order valence-electron chi connectivity index (χ0n) is 24.6. The Morgan fingerprint density at radius 3 is 1.77 bits per heavy atom. The molecule has 1 aromatic heterocycles. The summed E-state index contributed by atoms with van der Waals surface area (Å²) in [6.45, 7) is 4.47. The number of aromatic nitrogens is 2. The van der Waals surface area contributed by atoms with Gasteiger partial charge in [-0.05, 0) is 48.9 Å². The lowest BCUT2D eigenvalue weighted by Crippen LogP contribution is -2.12. The van der Waals surface area contributed by atoms with E-state index in [9.17, 15) is 9.18 Å². The van der Waals surface area contributed by atoms with E-state index in [0.717, 1.165) is 36.8 Å². The van der Waals surface area contributed by atoms with Crippen LogP contribution in [0.4, 0.5) is 4.39 Å². The summed E-state index contributed by atoms with van der Waals surface area (Å²) >= 11 is 0. The molecule has 0 saturated heterocycles. The highest BCUT2D eigenvalue weighted by atomic mass is 19.1. The Balaban J connectivity index is 1.43. The molecule has 0 N–H and O–H groups in total. The third-order valence-corrected chi connectivity index (χ3v) is 7.45. The highest BCUT2D eigenvalue weighted by Gasteiger charge is 2.15. The second-order valence-corrected chi connectivity index (χ2v) is 10.9. The quantitative estimate of drug-likeness (QED) is 0.0852. The van der Waals surface area contributed by atoms with Crippen LogP contribution in [0.15, 0.2) is 54.9 Å². The van der Waals surface area contributed by atoms with E-state index in [2.05, 4.69) is 35.9 Å². The number of carbonyl (C=O) groups excluding carboxylic acids is 1. The van der Waals surface area contributed by atoms with E-state index in [1.54, 1.807) is 6.20 Å². The minimum atomic E-state index is -0.719. The van der Waals surface area contributed by atoms with Gasteiger partial charge in [0, 0.05) is 5.56 Å². The highest BCUT2D eigenvalue weighted by molar-refractivity contribution is 5.88. The van der Waals surface area contributed by atoms with Gasteiger partial charge >= 0.3 is 5.97 Å². The van der Waals surface area contributed by atoms with Gasteiger partial charge in [0.1, 0.15) is 0 Å². The van der Waals surface area contributed by atoms with Gasteiger partial charge in [-0.25, -0.2) is 14.2 Å². The van der Waals surface area contributed by atoms with Gasteiger partial charge < -0.3 is 4.74 Å². The molecular formula is C35H47FN2O2. The minimum absolute atomic E-state index is 0.0471. The van der Waals surface area contributed by atoms with E-state index < -0.39 is 11.8 Å². The summed E-state index contributed by atoms with van der Waals surface area (Å²) in [6.07, 6.45) is 22.5. The van der Waals surface area contributed by atoms with Crippen LogP contribution in [0.5, 0.6) is 5.75 Å². The lowest BCUT2D eigenvalue weighted by Gasteiger charge is -2.08. The number of benzene rings is 2. The molecule has 0 unspecified atom stereocenters. The van der Waals surface area contributed by atoms with Gasteiger partial charge in [-0.15, -0.1) is 0 Å². The van der Waals surface area contributed by atoms with Crippen molar-refractivity contribution in [2.75, 3.05) is 0 Å². The minimum Gasteiger partial charge on any atom is -0.419 e. The SMILES string of the molecule is CCCCCCCCCCc1ccc(OC(=O)c2cnc(-c3ccc(CCCCCCCC)cc3)cn2)c(F)c1. The van der Waals surface area contributed by atoms with Crippen molar-refractivity contribution in [3.8, 4) is 17.0 Å². The molecule has 216 valence electrons. The maximum absolute atomic E-state index is 14.6. The molecule has 0 bridgehead atoms. The van der Waals surface area contributed by atoms with Crippen LogP contribution in [0.3, 0.4) is 0 Å². The van der Waals surface area contributed by atoms with Gasteiger partial charge in [-0.3, -0.25) is 4.98 Å². The molecule has 3 aromatic rings. The number of halogens is 1. The van der Waals surface area contributed by atoms with Crippen LogP contribution in [0.25, 0.3) is 11.3 Å². The molecule has 0 fully saturated rings. The Hall–Kier alpha value is -3.08. The number of unbranched alkanes of at least 4 members (excludes halogenated alkanes) is 12. The van der Waals surface area contributed by atoms with Crippen molar-refractivity contribution in [3.05, 3.63) is 77.5 Å². The van der Waals surface area contributed by atoms with Gasteiger partial charge in [0.15, 0.2) is 17.3 Å². The molecule has 0 atom stereocenters. The second-order valence-electron chi connectivity index (χ2n) is 10.9. The molecule has 0 amide bonds. The van der Waals surface area contributed by atoms with Crippen LogP contribution in [0, 0.1) is 5.82 Å². The maximum atomic E-state index is 14.6. The number of aryl methyl sites for hydroxylation is 2. The van der Waals surface area contributed by atoms with E-state index >= 15 is 0 Å². The molecule has 0 aliphatic heterocycles. The Morgan fingerprint density at radius 2 is 1.23 bits per heavy atom. The summed E-state index contributed by atoms with van der Waals surface area (Å²) in [5, 5.41) is 0. The van der Waals surface area contributed by atoms with Crippen LogP contribution < -0.4 is 4.74 Å². The predicted octanol–water partition coefficient (Wildman–Crippen LogP) is 10.1. The standard InChI is InChI=1S/C35H47FN2O2/c1-3-5-7-9-11-12-14-16-18-29-21-24-34(31(36)25-29)40-35(39)33-27-37-32(26-38-33)30-22-19-28(20-23-30)17-15-13-10-8-6-4-2/h19-27H,3-18H2,1-2H3. The fraction of sp³-hybridized carbons (Fsp3) is 0.514. The zero-order chi connectivity index (χ0) is 28.4. The molecule has 0 aliphatic rings. The van der Waals surface area contributed by atoms with E-state index in [1.807, 2.05) is 18.2 Å². The summed E-state index contributed by atoms with van der Waals surface area (Å²) < 4.78 is 19.9. The number of hydrogen-bond donors (Lipinski definition) is 0. The van der Waals surface area contributed by atoms with Crippen LogP contribution in [0.2, 0.25) is 0 Å². The van der Waals surface area contributed by atoms with Crippen molar-refractivity contribution in [2.45, 2.75) is 117 Å². The van der Waals surface area contributed by atoms with Crippen molar-refractivity contribution in [1.29, 1.82) is 0 Å². The number of esters is 1. The average molecular weight is 547 g/mol. The van der Waals surface area contributed by atoms with Gasteiger partial charge in [0.05, 0.1) is 18.1 Å². The summed E-state index contributed by atoms with van der Waals surface area (Å²) in [4.78, 5) is 21.2. The lowest BCUT2D eigenvalue weighted by atomic mass is 10.0. The van der Waals surface area contributed by atoms with Crippen LogP contribution in [-0.4, -0.2) is 15.9 Å². The van der Waals surface area contributed by atoms with Crippen molar-refractivity contribution in [2.24, 2.45) is 0 Å². The maximum Gasteiger partial charge on any atom is 0.364 e. The van der Waals surface area contributed by atoms with Crippen molar-refractivity contribution >= 4 is 5.97 Å². The highest BCUT2D eigenvalue weighted by Crippen LogP contribution is 2.22. The first-order valence-electron chi connectivity index (χ1n) is 15.5. The Kier molecular flexibility index (Phi) is 14.4. The third kappa shape index (κ3) is 11.2. The third-order valence-electron chi connectivity index (χ3n) is 7.45. The molecule has 5 heteroatoms. The first-order valence-corrected chi connectivity index (χ1v) is 15.5. The van der Waals surface area contributed by atoms with Gasteiger partial charge in [-0.2, -0.15) is 0 Å². The summed E-state index contributed by atoms with van der Waals surface area (Å²) in [5.74, 6) is -1.34. The fourth-order valence-electron chi connectivity index (χ4n) is 4.93. The van der Waals surface area contributed by atoms with Crippen molar-refractivity contribution in [3.63, 3.8) is 0 Å². The molecule has 40 heavy (non-hydrogen) atoms. The van der Waals surface area contributed by atoms with Gasteiger partial charge in [0.2, 0.25) is 0 Å². The van der Waals surface area contributed by atoms with Gasteiger partial charge in [0.25, 0.3) is 0 Å². The first kappa shape index (κ1) is 31.4. The predicted molar refractivity (Wildman–Crippen MR) is 162 cm³/mol. The fourth-order valence-corrected chi connectivity index (χ4v) is 4.93.